The van der Waals surface area contributed by atoms with E-state index in [1.807, 2.05) is 23.1 Å². The highest BCUT2D eigenvalue weighted by Crippen LogP contribution is 2.24. The van der Waals surface area contributed by atoms with E-state index in [0.29, 0.717) is 28.8 Å². The van der Waals surface area contributed by atoms with Gasteiger partial charge in [-0.2, -0.15) is 5.10 Å². The lowest BCUT2D eigenvalue weighted by atomic mass is 10.2. The highest BCUT2D eigenvalue weighted by Gasteiger charge is 2.25. The SMILES string of the molecule is Cn1ncc(Br)c1C(=O)N1CCN(Cc2ccc(Cl)c(Cl)c2)CC1. The first-order valence-electron chi connectivity index (χ1n) is 7.59. The summed E-state index contributed by atoms with van der Waals surface area (Å²) in [6.45, 7) is 3.83. The van der Waals surface area contributed by atoms with Crippen molar-refractivity contribution in [3.8, 4) is 0 Å². The average molecular weight is 432 g/mol. The van der Waals surface area contributed by atoms with Crippen LogP contribution in [0.5, 0.6) is 0 Å². The Morgan fingerprint density at radius 2 is 1.92 bits per heavy atom. The maximum atomic E-state index is 12.6. The number of aryl methyl sites for hydroxylation is 1. The van der Waals surface area contributed by atoms with Crippen LogP contribution < -0.4 is 0 Å². The van der Waals surface area contributed by atoms with Crippen LogP contribution in [0, 0.1) is 0 Å². The number of benzene rings is 1. The van der Waals surface area contributed by atoms with E-state index >= 15 is 0 Å². The fourth-order valence-corrected chi connectivity index (χ4v) is 3.64. The summed E-state index contributed by atoms with van der Waals surface area (Å²) in [7, 11) is 1.78. The maximum Gasteiger partial charge on any atom is 0.273 e. The number of piperazine rings is 1. The second kappa shape index (κ2) is 7.44. The molecule has 1 amide bonds. The van der Waals surface area contributed by atoms with Crippen LogP contribution in [0.15, 0.2) is 28.9 Å². The van der Waals surface area contributed by atoms with Gasteiger partial charge in [-0.1, -0.05) is 29.3 Å². The molecule has 1 fully saturated rings. The van der Waals surface area contributed by atoms with Crippen molar-refractivity contribution in [3.05, 3.63) is 50.2 Å². The monoisotopic (exact) mass is 430 g/mol. The van der Waals surface area contributed by atoms with Crippen LogP contribution >= 0.6 is 39.1 Å². The number of carbonyl (C=O) groups excluding carboxylic acids is 1. The standard InChI is InChI=1S/C16H17BrCl2N4O/c1-21-15(12(17)9-20-21)16(24)23-6-4-22(5-7-23)10-11-2-3-13(18)14(19)8-11/h2-3,8-9H,4-7,10H2,1H3. The zero-order valence-electron chi connectivity index (χ0n) is 13.2. The molecule has 128 valence electrons. The summed E-state index contributed by atoms with van der Waals surface area (Å²) < 4.78 is 2.34. The van der Waals surface area contributed by atoms with Crippen molar-refractivity contribution in [2.24, 2.45) is 7.05 Å². The van der Waals surface area contributed by atoms with Crippen LogP contribution in [0.2, 0.25) is 10.0 Å². The summed E-state index contributed by atoms with van der Waals surface area (Å²) in [5.74, 6) is 0.0102. The van der Waals surface area contributed by atoms with E-state index in [0.717, 1.165) is 29.7 Å². The lowest BCUT2D eigenvalue weighted by Gasteiger charge is -2.34. The molecule has 0 atom stereocenters. The topological polar surface area (TPSA) is 41.4 Å². The van der Waals surface area contributed by atoms with E-state index in [1.165, 1.54) is 0 Å². The summed E-state index contributed by atoms with van der Waals surface area (Å²) in [6, 6.07) is 5.70. The van der Waals surface area contributed by atoms with Gasteiger partial charge in [-0.3, -0.25) is 14.4 Å². The van der Waals surface area contributed by atoms with Crippen LogP contribution in [0.4, 0.5) is 0 Å². The second-order valence-electron chi connectivity index (χ2n) is 5.78. The van der Waals surface area contributed by atoms with Crippen LogP contribution in [0.1, 0.15) is 16.1 Å². The molecule has 1 aliphatic heterocycles. The van der Waals surface area contributed by atoms with Crippen LogP contribution in [0.3, 0.4) is 0 Å². The molecule has 0 bridgehead atoms. The number of aromatic nitrogens is 2. The fourth-order valence-electron chi connectivity index (χ4n) is 2.81. The molecule has 0 aliphatic carbocycles. The Hall–Kier alpha value is -1.08. The summed E-state index contributed by atoms with van der Waals surface area (Å²) in [5.41, 5.74) is 1.71. The zero-order chi connectivity index (χ0) is 17.3. The zero-order valence-corrected chi connectivity index (χ0v) is 16.3. The van der Waals surface area contributed by atoms with Gasteiger partial charge >= 0.3 is 0 Å². The first kappa shape index (κ1) is 17.7. The number of hydrogen-bond acceptors (Lipinski definition) is 3. The van der Waals surface area contributed by atoms with E-state index in [2.05, 4.69) is 25.9 Å². The van der Waals surface area contributed by atoms with Crippen molar-refractivity contribution in [1.82, 2.24) is 19.6 Å². The average Bonchev–Trinajstić information content (AvgIpc) is 2.90. The van der Waals surface area contributed by atoms with E-state index < -0.39 is 0 Å². The highest BCUT2D eigenvalue weighted by molar-refractivity contribution is 9.10. The van der Waals surface area contributed by atoms with Crippen LogP contribution in [-0.2, 0) is 13.6 Å². The van der Waals surface area contributed by atoms with E-state index in [-0.39, 0.29) is 5.91 Å². The summed E-state index contributed by atoms with van der Waals surface area (Å²) in [5, 5.41) is 5.25. The molecule has 1 saturated heterocycles. The normalized spacial score (nSPS) is 15.8. The Morgan fingerprint density at radius 1 is 1.21 bits per heavy atom. The molecule has 0 spiro atoms. The number of carbonyl (C=O) groups is 1. The maximum absolute atomic E-state index is 12.6. The van der Waals surface area contributed by atoms with Crippen molar-refractivity contribution in [2.75, 3.05) is 26.2 Å². The molecule has 1 aromatic carbocycles. The van der Waals surface area contributed by atoms with E-state index in [4.69, 9.17) is 23.2 Å². The molecular formula is C16H17BrCl2N4O. The minimum absolute atomic E-state index is 0.0102. The van der Waals surface area contributed by atoms with Crippen LogP contribution in [0.25, 0.3) is 0 Å². The number of rotatable bonds is 3. The number of hydrogen-bond donors (Lipinski definition) is 0. The summed E-state index contributed by atoms with van der Waals surface area (Å²) >= 11 is 15.4. The minimum Gasteiger partial charge on any atom is -0.335 e. The van der Waals surface area contributed by atoms with Crippen LogP contribution in [-0.4, -0.2) is 51.7 Å². The molecule has 24 heavy (non-hydrogen) atoms. The predicted octanol–water partition coefficient (Wildman–Crippen LogP) is 3.45. The molecule has 3 rings (SSSR count). The van der Waals surface area contributed by atoms with Crippen molar-refractivity contribution in [2.45, 2.75) is 6.54 Å². The molecule has 2 heterocycles. The predicted molar refractivity (Wildman–Crippen MR) is 98.6 cm³/mol. The smallest absolute Gasteiger partial charge is 0.273 e. The third kappa shape index (κ3) is 3.77. The van der Waals surface area contributed by atoms with Crippen molar-refractivity contribution >= 4 is 45.0 Å². The molecule has 0 unspecified atom stereocenters. The Kier molecular flexibility index (Phi) is 5.49. The van der Waals surface area contributed by atoms with Crippen molar-refractivity contribution in [3.63, 3.8) is 0 Å². The minimum atomic E-state index is 0.0102. The lowest BCUT2D eigenvalue weighted by Crippen LogP contribution is -2.48. The van der Waals surface area contributed by atoms with Gasteiger partial charge in [0.2, 0.25) is 0 Å². The van der Waals surface area contributed by atoms with Gasteiger partial charge in [0.15, 0.2) is 0 Å². The lowest BCUT2D eigenvalue weighted by molar-refractivity contribution is 0.0617. The second-order valence-corrected chi connectivity index (χ2v) is 7.45. The van der Waals surface area contributed by atoms with Gasteiger partial charge < -0.3 is 4.90 Å². The van der Waals surface area contributed by atoms with Gasteiger partial charge in [0.25, 0.3) is 5.91 Å². The molecule has 1 aliphatic rings. The fraction of sp³-hybridized carbons (Fsp3) is 0.375. The molecule has 0 radical (unpaired) electrons. The third-order valence-corrected chi connectivity index (χ3v) is 5.47. The molecule has 2 aromatic rings. The molecule has 8 heteroatoms. The molecule has 0 saturated carbocycles. The first-order chi connectivity index (χ1) is 11.5. The number of halogens is 3. The number of nitrogens with zero attached hydrogens (tertiary/aromatic N) is 4. The first-order valence-corrected chi connectivity index (χ1v) is 9.13. The van der Waals surface area contributed by atoms with Gasteiger partial charge in [-0.25, -0.2) is 0 Å². The molecule has 5 nitrogen and oxygen atoms in total. The Morgan fingerprint density at radius 3 is 2.50 bits per heavy atom. The van der Waals surface area contributed by atoms with E-state index in [1.54, 1.807) is 17.9 Å². The molecule has 0 N–H and O–H groups in total. The van der Waals surface area contributed by atoms with Gasteiger partial charge in [-0.05, 0) is 33.6 Å². The van der Waals surface area contributed by atoms with Gasteiger partial charge in [0.05, 0.1) is 20.7 Å². The third-order valence-electron chi connectivity index (χ3n) is 4.15. The Labute approximate surface area is 159 Å². The van der Waals surface area contributed by atoms with Gasteiger partial charge in [0.1, 0.15) is 5.69 Å². The van der Waals surface area contributed by atoms with Crippen molar-refractivity contribution < 1.29 is 4.79 Å². The molecular weight excluding hydrogens is 415 g/mol. The van der Waals surface area contributed by atoms with E-state index in [9.17, 15) is 4.79 Å². The largest absolute Gasteiger partial charge is 0.335 e. The van der Waals surface area contributed by atoms with Crippen molar-refractivity contribution in [1.29, 1.82) is 0 Å². The Bertz CT molecular complexity index is 737. The summed E-state index contributed by atoms with van der Waals surface area (Å²) in [6.07, 6.45) is 1.65. The summed E-state index contributed by atoms with van der Waals surface area (Å²) in [4.78, 5) is 16.8. The molecule has 1 aromatic heterocycles. The Balaban J connectivity index is 1.59. The quantitative estimate of drug-likeness (QED) is 0.747. The van der Waals surface area contributed by atoms with Gasteiger partial charge in [0, 0.05) is 39.8 Å². The number of amides is 1. The highest BCUT2D eigenvalue weighted by atomic mass is 79.9. The van der Waals surface area contributed by atoms with Gasteiger partial charge in [-0.15, -0.1) is 0 Å².